The van der Waals surface area contributed by atoms with Gasteiger partial charge in [0.25, 0.3) is 0 Å². The molecular formula is C13H18ClF4NO2S. The molecule has 0 atom stereocenters. The van der Waals surface area contributed by atoms with Crippen LogP contribution in [0.1, 0.15) is 31.7 Å². The summed E-state index contributed by atoms with van der Waals surface area (Å²) < 4.78 is 73.4. The number of halogens is 5. The highest BCUT2D eigenvalue weighted by Crippen LogP contribution is 2.36. The third-order valence-electron chi connectivity index (χ3n) is 2.34. The number of alkyl halides is 4. The number of unbranched alkanes of at least 4 members (excludes halogenated alkanes) is 2. The maximum atomic E-state index is 13.1. The molecule has 0 unspecified atom stereocenters. The third kappa shape index (κ3) is 8.43. The molecule has 0 spiro atoms. The van der Waals surface area contributed by atoms with Crippen LogP contribution < -0.4 is 4.72 Å². The van der Waals surface area contributed by atoms with Gasteiger partial charge < -0.3 is 0 Å². The molecule has 1 rings (SSSR count). The van der Waals surface area contributed by atoms with Crippen LogP contribution in [0.3, 0.4) is 0 Å². The van der Waals surface area contributed by atoms with Crippen LogP contribution in [0.25, 0.3) is 0 Å². The van der Waals surface area contributed by atoms with Gasteiger partial charge >= 0.3 is 6.18 Å². The van der Waals surface area contributed by atoms with E-state index in [1.54, 1.807) is 0 Å². The summed E-state index contributed by atoms with van der Waals surface area (Å²) in [6.45, 7) is 2.17. The Kier molecular flexibility index (Phi) is 8.77. The summed E-state index contributed by atoms with van der Waals surface area (Å²) in [7, 11) is -3.97. The molecule has 0 aliphatic carbocycles. The lowest BCUT2D eigenvalue weighted by Gasteiger charge is -2.13. The SMILES string of the molecule is CCCCCCl.CS(=O)(=O)Nc1c(F)cccc1C(F)(F)F. The summed E-state index contributed by atoms with van der Waals surface area (Å²) in [5.41, 5.74) is -2.45. The molecule has 0 radical (unpaired) electrons. The van der Waals surface area contributed by atoms with Crippen molar-refractivity contribution in [2.45, 2.75) is 32.4 Å². The molecule has 0 saturated carbocycles. The van der Waals surface area contributed by atoms with Crippen LogP contribution in [0.4, 0.5) is 23.2 Å². The van der Waals surface area contributed by atoms with Gasteiger partial charge in [-0.3, -0.25) is 4.72 Å². The molecule has 1 aromatic carbocycles. The van der Waals surface area contributed by atoms with Crippen LogP contribution in [0, 0.1) is 5.82 Å². The quantitative estimate of drug-likeness (QED) is 0.471. The zero-order valence-electron chi connectivity index (χ0n) is 12.2. The minimum absolute atomic E-state index is 0.594. The van der Waals surface area contributed by atoms with Crippen LogP contribution in [-0.2, 0) is 16.2 Å². The first-order valence-electron chi connectivity index (χ1n) is 6.42. The minimum Gasteiger partial charge on any atom is -0.280 e. The summed E-state index contributed by atoms with van der Waals surface area (Å²) in [6.07, 6.45) is -0.455. The van der Waals surface area contributed by atoms with Crippen LogP contribution >= 0.6 is 11.6 Å². The Morgan fingerprint density at radius 3 is 2.18 bits per heavy atom. The molecule has 0 bridgehead atoms. The fourth-order valence-corrected chi connectivity index (χ4v) is 2.16. The molecule has 9 heteroatoms. The molecule has 128 valence electrons. The Morgan fingerprint density at radius 2 is 1.82 bits per heavy atom. The molecule has 3 nitrogen and oxygen atoms in total. The average molecular weight is 364 g/mol. The van der Waals surface area contributed by atoms with Crippen LogP contribution in [0.2, 0.25) is 0 Å². The minimum atomic E-state index is -4.82. The van der Waals surface area contributed by atoms with Gasteiger partial charge in [-0.2, -0.15) is 13.2 Å². The second kappa shape index (κ2) is 9.19. The van der Waals surface area contributed by atoms with E-state index in [-0.39, 0.29) is 0 Å². The smallest absolute Gasteiger partial charge is 0.280 e. The number of nitrogens with one attached hydrogen (secondary N) is 1. The van der Waals surface area contributed by atoms with Gasteiger partial charge in [-0.25, -0.2) is 12.8 Å². The van der Waals surface area contributed by atoms with Crippen molar-refractivity contribution < 1.29 is 26.0 Å². The van der Waals surface area contributed by atoms with E-state index in [0.29, 0.717) is 12.3 Å². The van der Waals surface area contributed by atoms with Crippen molar-refractivity contribution in [3.05, 3.63) is 29.6 Å². The van der Waals surface area contributed by atoms with Crippen molar-refractivity contribution in [3.8, 4) is 0 Å². The maximum absolute atomic E-state index is 13.1. The zero-order chi connectivity index (χ0) is 17.4. The van der Waals surface area contributed by atoms with E-state index >= 15 is 0 Å². The van der Waals surface area contributed by atoms with Gasteiger partial charge in [-0.15, -0.1) is 11.6 Å². The lowest BCUT2D eigenvalue weighted by atomic mass is 10.1. The van der Waals surface area contributed by atoms with E-state index in [9.17, 15) is 26.0 Å². The van der Waals surface area contributed by atoms with Crippen molar-refractivity contribution in [1.82, 2.24) is 0 Å². The molecule has 0 aliphatic heterocycles. The van der Waals surface area contributed by atoms with Gasteiger partial charge in [0.05, 0.1) is 17.5 Å². The Hall–Kier alpha value is -1.02. The van der Waals surface area contributed by atoms with E-state index in [1.165, 1.54) is 24.0 Å². The molecule has 0 amide bonds. The van der Waals surface area contributed by atoms with Crippen molar-refractivity contribution in [3.63, 3.8) is 0 Å². The summed E-state index contributed by atoms with van der Waals surface area (Å²) in [4.78, 5) is 0. The Morgan fingerprint density at radius 1 is 1.23 bits per heavy atom. The van der Waals surface area contributed by atoms with Crippen LogP contribution in [-0.4, -0.2) is 20.6 Å². The molecule has 0 fully saturated rings. The topological polar surface area (TPSA) is 46.2 Å². The molecule has 0 aliphatic rings. The molecule has 0 aromatic heterocycles. The normalized spacial score (nSPS) is 11.6. The maximum Gasteiger partial charge on any atom is 0.418 e. The Bertz CT molecular complexity index is 558. The number of para-hydroxylation sites is 1. The molecule has 22 heavy (non-hydrogen) atoms. The molecule has 0 heterocycles. The zero-order valence-corrected chi connectivity index (χ0v) is 13.7. The van der Waals surface area contributed by atoms with Gasteiger partial charge in [0.2, 0.25) is 10.0 Å². The summed E-state index contributed by atoms with van der Waals surface area (Å²) in [5.74, 6) is -0.450. The second-order valence-electron chi connectivity index (χ2n) is 4.43. The highest BCUT2D eigenvalue weighted by Gasteiger charge is 2.35. The lowest BCUT2D eigenvalue weighted by molar-refractivity contribution is -0.137. The highest BCUT2D eigenvalue weighted by atomic mass is 35.5. The standard InChI is InChI=1S/C8H7F4NO2S.C5H11Cl/c1-16(14,15)13-7-5(8(10,11)12)3-2-4-6(7)9;1-2-3-4-5-6/h2-4,13H,1H3;2-5H2,1H3. The molecule has 0 saturated heterocycles. The highest BCUT2D eigenvalue weighted by molar-refractivity contribution is 7.92. The predicted molar refractivity (Wildman–Crippen MR) is 80.1 cm³/mol. The number of rotatable bonds is 5. The molecule has 1 aromatic rings. The predicted octanol–water partition coefficient (Wildman–Crippen LogP) is 4.63. The van der Waals surface area contributed by atoms with Crippen LogP contribution in [0.15, 0.2) is 18.2 Å². The lowest BCUT2D eigenvalue weighted by Crippen LogP contribution is -2.16. The van der Waals surface area contributed by atoms with Crippen molar-refractivity contribution in [2.24, 2.45) is 0 Å². The first kappa shape index (κ1) is 21.0. The summed E-state index contributed by atoms with van der Waals surface area (Å²) in [6, 6.07) is 2.19. The van der Waals surface area contributed by atoms with Gasteiger partial charge in [0.1, 0.15) is 5.82 Å². The van der Waals surface area contributed by atoms with Gasteiger partial charge in [0, 0.05) is 5.88 Å². The number of benzene rings is 1. The largest absolute Gasteiger partial charge is 0.418 e. The Balaban J connectivity index is 0.000000626. The van der Waals surface area contributed by atoms with Crippen molar-refractivity contribution in [2.75, 3.05) is 16.9 Å². The Labute approximate surface area is 132 Å². The molecule has 1 N–H and O–H groups in total. The van der Waals surface area contributed by atoms with E-state index in [1.807, 2.05) is 0 Å². The first-order chi connectivity index (χ1) is 10.0. The third-order valence-corrected chi connectivity index (χ3v) is 3.19. The second-order valence-corrected chi connectivity index (χ2v) is 6.56. The fraction of sp³-hybridized carbons (Fsp3) is 0.538. The number of sulfonamides is 1. The van der Waals surface area contributed by atoms with Crippen LogP contribution in [0.5, 0.6) is 0 Å². The van der Waals surface area contributed by atoms with Gasteiger partial charge in [-0.05, 0) is 18.6 Å². The van der Waals surface area contributed by atoms with Gasteiger partial charge in [0.15, 0.2) is 0 Å². The monoisotopic (exact) mass is 363 g/mol. The van der Waals surface area contributed by atoms with Crippen molar-refractivity contribution in [1.29, 1.82) is 0 Å². The van der Waals surface area contributed by atoms with Gasteiger partial charge in [-0.1, -0.05) is 25.8 Å². The number of hydrogen-bond acceptors (Lipinski definition) is 2. The van der Waals surface area contributed by atoms with E-state index < -0.39 is 33.3 Å². The van der Waals surface area contributed by atoms with E-state index in [0.717, 1.165) is 18.0 Å². The summed E-state index contributed by atoms with van der Waals surface area (Å²) >= 11 is 5.38. The fourth-order valence-electron chi connectivity index (χ4n) is 1.39. The number of hydrogen-bond donors (Lipinski definition) is 1. The van der Waals surface area contributed by atoms with Crippen molar-refractivity contribution >= 4 is 27.3 Å². The van der Waals surface area contributed by atoms with E-state index in [4.69, 9.17) is 11.6 Å². The summed E-state index contributed by atoms with van der Waals surface area (Å²) in [5, 5.41) is 0. The number of anilines is 1. The first-order valence-corrected chi connectivity index (χ1v) is 8.85. The average Bonchev–Trinajstić information content (AvgIpc) is 2.36. The molecular weight excluding hydrogens is 346 g/mol. The van der Waals surface area contributed by atoms with E-state index in [2.05, 4.69) is 6.92 Å².